The number of thioether (sulfide) groups is 1. The Hall–Kier alpha value is -3.85. The topological polar surface area (TPSA) is 114 Å². The molecule has 0 bridgehead atoms. The average molecular weight is 461 g/mol. The number of nitrogens with zero attached hydrogens (tertiary/aromatic N) is 2. The number of hydrazone groups is 2. The molecule has 0 fully saturated rings. The standard InChI is InChI=1S/C24H24N6O2S/c1-15(23(31)29-27-13-17-11-25-21-9-5-3-7-19(17)21)33-16(2)24(32)30-28-14-18-12-26-22-10-6-4-8-20(18)22/h3-16,25-26H,1-2H3,(H,29,31)(H,30,32)/b27-13-,28-14+. The molecule has 168 valence electrons. The molecule has 4 rings (SSSR count). The van der Waals surface area contributed by atoms with Crippen LogP contribution in [0, 0.1) is 0 Å². The van der Waals surface area contributed by atoms with Crippen LogP contribution in [-0.2, 0) is 9.59 Å². The Morgan fingerprint density at radius 2 is 1.21 bits per heavy atom. The Morgan fingerprint density at radius 3 is 1.67 bits per heavy atom. The molecular weight excluding hydrogens is 436 g/mol. The lowest BCUT2D eigenvalue weighted by Gasteiger charge is -2.14. The van der Waals surface area contributed by atoms with Gasteiger partial charge in [-0.15, -0.1) is 11.8 Å². The zero-order valence-corrected chi connectivity index (χ0v) is 19.0. The quantitative estimate of drug-likeness (QED) is 0.237. The largest absolute Gasteiger partial charge is 0.361 e. The first kappa shape index (κ1) is 22.3. The van der Waals surface area contributed by atoms with Gasteiger partial charge in [0.05, 0.1) is 22.9 Å². The van der Waals surface area contributed by atoms with Gasteiger partial charge in [-0.3, -0.25) is 9.59 Å². The monoisotopic (exact) mass is 460 g/mol. The van der Waals surface area contributed by atoms with Crippen molar-refractivity contribution in [2.75, 3.05) is 0 Å². The highest BCUT2D eigenvalue weighted by atomic mass is 32.2. The van der Waals surface area contributed by atoms with Crippen molar-refractivity contribution in [3.8, 4) is 0 Å². The number of nitrogens with one attached hydrogen (secondary N) is 4. The molecule has 4 aromatic rings. The Labute approximate surface area is 194 Å². The van der Waals surface area contributed by atoms with E-state index in [-0.39, 0.29) is 11.8 Å². The first-order chi connectivity index (χ1) is 16.0. The number of carbonyl (C=O) groups is 2. The molecule has 8 nitrogen and oxygen atoms in total. The van der Waals surface area contributed by atoms with Crippen molar-refractivity contribution >= 4 is 57.8 Å². The highest BCUT2D eigenvalue weighted by Gasteiger charge is 2.21. The fourth-order valence-electron chi connectivity index (χ4n) is 3.34. The number of rotatable bonds is 8. The summed E-state index contributed by atoms with van der Waals surface area (Å²) in [6.07, 6.45) is 6.87. The molecule has 0 aliphatic rings. The minimum Gasteiger partial charge on any atom is -0.361 e. The van der Waals surface area contributed by atoms with Crippen LogP contribution in [-0.4, -0.2) is 44.7 Å². The van der Waals surface area contributed by atoms with Crippen LogP contribution >= 0.6 is 11.8 Å². The van der Waals surface area contributed by atoms with Gasteiger partial charge in [-0.05, 0) is 26.0 Å². The van der Waals surface area contributed by atoms with E-state index in [9.17, 15) is 9.59 Å². The maximum atomic E-state index is 12.4. The first-order valence-corrected chi connectivity index (χ1v) is 11.4. The number of H-pyrrole nitrogens is 2. The average Bonchev–Trinajstić information content (AvgIpc) is 3.43. The second kappa shape index (κ2) is 10.2. The predicted octanol–water partition coefficient (Wildman–Crippen LogP) is 3.76. The lowest BCUT2D eigenvalue weighted by Crippen LogP contribution is -2.33. The smallest absolute Gasteiger partial charge is 0.252 e. The minimum absolute atomic E-state index is 0.280. The minimum atomic E-state index is -0.469. The van der Waals surface area contributed by atoms with Gasteiger partial charge >= 0.3 is 0 Å². The maximum Gasteiger partial charge on any atom is 0.252 e. The highest BCUT2D eigenvalue weighted by Crippen LogP contribution is 2.19. The third-order valence-corrected chi connectivity index (χ3v) is 6.39. The summed E-state index contributed by atoms with van der Waals surface area (Å²) in [5, 5.41) is 9.22. The van der Waals surface area contributed by atoms with Gasteiger partial charge in [0.2, 0.25) is 0 Å². The van der Waals surface area contributed by atoms with Crippen molar-refractivity contribution < 1.29 is 9.59 Å². The van der Waals surface area contributed by atoms with Crippen LogP contribution in [0.25, 0.3) is 21.8 Å². The summed E-state index contributed by atoms with van der Waals surface area (Å²) in [7, 11) is 0. The molecule has 33 heavy (non-hydrogen) atoms. The molecule has 2 heterocycles. The van der Waals surface area contributed by atoms with Crippen LogP contribution in [0.5, 0.6) is 0 Å². The summed E-state index contributed by atoms with van der Waals surface area (Å²) in [4.78, 5) is 31.1. The van der Waals surface area contributed by atoms with Crippen molar-refractivity contribution in [2.45, 2.75) is 24.3 Å². The third-order valence-electron chi connectivity index (χ3n) is 5.15. The number of aromatic amines is 2. The first-order valence-electron chi connectivity index (χ1n) is 10.5. The van der Waals surface area contributed by atoms with Crippen LogP contribution in [0.1, 0.15) is 25.0 Å². The highest BCUT2D eigenvalue weighted by molar-refractivity contribution is 8.01. The predicted molar refractivity (Wildman–Crippen MR) is 135 cm³/mol. The molecule has 2 aromatic heterocycles. The fourth-order valence-corrected chi connectivity index (χ4v) is 4.31. The van der Waals surface area contributed by atoms with E-state index in [0.717, 1.165) is 32.9 Å². The van der Waals surface area contributed by atoms with Gasteiger partial charge in [0, 0.05) is 45.3 Å². The van der Waals surface area contributed by atoms with Crippen LogP contribution in [0.3, 0.4) is 0 Å². The Bertz CT molecular complexity index is 1240. The molecule has 0 spiro atoms. The summed E-state index contributed by atoms with van der Waals surface area (Å²) in [5.74, 6) is -0.559. The molecule has 0 aliphatic carbocycles. The summed E-state index contributed by atoms with van der Waals surface area (Å²) in [6.45, 7) is 3.47. The molecule has 0 radical (unpaired) electrons. The van der Waals surface area contributed by atoms with E-state index < -0.39 is 10.5 Å². The lowest BCUT2D eigenvalue weighted by molar-refractivity contribution is -0.120. The van der Waals surface area contributed by atoms with Gasteiger partial charge in [-0.2, -0.15) is 10.2 Å². The van der Waals surface area contributed by atoms with Crippen molar-refractivity contribution in [1.82, 2.24) is 20.8 Å². The molecule has 2 amide bonds. The summed E-state index contributed by atoms with van der Waals surface area (Å²) in [6, 6.07) is 15.7. The van der Waals surface area contributed by atoms with Crippen LogP contribution in [0.2, 0.25) is 0 Å². The Kier molecular flexibility index (Phi) is 6.89. The second-order valence-electron chi connectivity index (χ2n) is 7.47. The van der Waals surface area contributed by atoms with Crippen molar-refractivity contribution in [3.05, 3.63) is 72.1 Å². The molecule has 9 heteroatoms. The van der Waals surface area contributed by atoms with E-state index in [2.05, 4.69) is 31.0 Å². The van der Waals surface area contributed by atoms with Crippen molar-refractivity contribution in [1.29, 1.82) is 0 Å². The molecule has 2 unspecified atom stereocenters. The van der Waals surface area contributed by atoms with Gasteiger partial charge in [0.25, 0.3) is 11.8 Å². The van der Waals surface area contributed by atoms with E-state index in [1.54, 1.807) is 26.3 Å². The van der Waals surface area contributed by atoms with Gasteiger partial charge in [0.1, 0.15) is 0 Å². The SMILES string of the molecule is CC(SC(C)C(=O)N/N=C/c1c[nH]c2ccccc12)C(=O)N/N=C\c1c[nH]c2ccccc12. The normalized spacial score (nSPS) is 13.6. The van der Waals surface area contributed by atoms with E-state index in [1.807, 2.05) is 60.9 Å². The maximum absolute atomic E-state index is 12.4. The molecule has 0 saturated carbocycles. The van der Waals surface area contributed by atoms with E-state index in [4.69, 9.17) is 0 Å². The molecular formula is C24H24N6O2S. The third kappa shape index (κ3) is 5.32. The molecule has 0 aliphatic heterocycles. The van der Waals surface area contributed by atoms with E-state index >= 15 is 0 Å². The lowest BCUT2D eigenvalue weighted by atomic mass is 10.2. The van der Waals surface area contributed by atoms with Crippen LogP contribution in [0.15, 0.2) is 71.1 Å². The number of fused-ring (bicyclic) bond motifs is 2. The zero-order valence-electron chi connectivity index (χ0n) is 18.2. The number of para-hydroxylation sites is 2. The zero-order chi connectivity index (χ0) is 23.2. The summed E-state index contributed by atoms with van der Waals surface area (Å²) in [5.41, 5.74) is 8.84. The van der Waals surface area contributed by atoms with Gasteiger partial charge in [0.15, 0.2) is 0 Å². The molecule has 4 N–H and O–H groups in total. The number of hydrogen-bond acceptors (Lipinski definition) is 5. The number of amides is 2. The number of benzene rings is 2. The van der Waals surface area contributed by atoms with E-state index in [1.165, 1.54) is 11.8 Å². The van der Waals surface area contributed by atoms with Gasteiger partial charge < -0.3 is 9.97 Å². The fraction of sp³-hybridized carbons (Fsp3) is 0.167. The number of aromatic nitrogens is 2. The Balaban J connectivity index is 1.26. The second-order valence-corrected chi connectivity index (χ2v) is 9.15. The number of hydrogen-bond donors (Lipinski definition) is 4. The molecule has 2 atom stereocenters. The van der Waals surface area contributed by atoms with Crippen LogP contribution < -0.4 is 10.9 Å². The van der Waals surface area contributed by atoms with Gasteiger partial charge in [-0.25, -0.2) is 10.9 Å². The molecule has 2 aromatic carbocycles. The number of carbonyl (C=O) groups excluding carboxylic acids is 2. The summed E-state index contributed by atoms with van der Waals surface area (Å²) < 4.78 is 0. The molecule has 0 saturated heterocycles. The summed E-state index contributed by atoms with van der Waals surface area (Å²) >= 11 is 1.23. The van der Waals surface area contributed by atoms with Crippen LogP contribution in [0.4, 0.5) is 0 Å². The van der Waals surface area contributed by atoms with Crippen molar-refractivity contribution in [3.63, 3.8) is 0 Å². The van der Waals surface area contributed by atoms with E-state index in [0.29, 0.717) is 0 Å². The van der Waals surface area contributed by atoms with Gasteiger partial charge in [-0.1, -0.05) is 36.4 Å². The Morgan fingerprint density at radius 1 is 0.788 bits per heavy atom. The van der Waals surface area contributed by atoms with Crippen molar-refractivity contribution in [2.24, 2.45) is 10.2 Å².